The summed E-state index contributed by atoms with van der Waals surface area (Å²) in [4.78, 5) is 10.1. The van der Waals surface area contributed by atoms with E-state index < -0.39 is 0 Å². The van der Waals surface area contributed by atoms with Gasteiger partial charge in [-0.05, 0) is 40.0 Å². The van der Waals surface area contributed by atoms with Gasteiger partial charge in [-0.25, -0.2) is 4.98 Å². The molecular weight excluding hydrogens is 292 g/mol. The minimum atomic E-state index is 0.269. The molecule has 0 amide bonds. The predicted octanol–water partition coefficient (Wildman–Crippen LogP) is 3.15. The fraction of sp³-hybridized carbons (Fsp3) is 0.231. The molecule has 0 aliphatic carbocycles. The molecule has 0 unspecified atom stereocenters. The van der Waals surface area contributed by atoms with Gasteiger partial charge in [0.15, 0.2) is 5.82 Å². The second-order valence-corrected chi connectivity index (χ2v) is 4.83. The zero-order chi connectivity index (χ0) is 13.1. The average Bonchev–Trinajstić information content (AvgIpc) is 2.41. The summed E-state index contributed by atoms with van der Waals surface area (Å²) in [6.45, 7) is 2.14. The van der Waals surface area contributed by atoms with Gasteiger partial charge in [-0.3, -0.25) is 0 Å². The molecule has 0 saturated heterocycles. The van der Waals surface area contributed by atoms with Crippen LogP contribution in [0.1, 0.15) is 12.5 Å². The summed E-state index contributed by atoms with van der Waals surface area (Å²) in [7, 11) is 1.95. The van der Waals surface area contributed by atoms with Crippen LogP contribution in [0.15, 0.2) is 34.9 Å². The summed E-state index contributed by atoms with van der Waals surface area (Å²) in [6, 6.07) is 8.38. The number of nitrogens with zero attached hydrogens (tertiary/aromatic N) is 3. The van der Waals surface area contributed by atoms with Gasteiger partial charge in [0.05, 0.1) is 4.47 Å². The Bertz CT molecular complexity index is 539. The van der Waals surface area contributed by atoms with Crippen molar-refractivity contribution in [3.05, 3.63) is 40.5 Å². The number of anilines is 3. The van der Waals surface area contributed by atoms with Crippen molar-refractivity contribution in [1.82, 2.24) is 9.97 Å². The van der Waals surface area contributed by atoms with Crippen molar-refractivity contribution >= 4 is 33.4 Å². The molecule has 0 aliphatic rings. The minimum absolute atomic E-state index is 0.269. The Hall–Kier alpha value is -1.62. The zero-order valence-electron chi connectivity index (χ0n) is 10.4. The Balaban J connectivity index is 2.34. The van der Waals surface area contributed by atoms with Crippen LogP contribution in [-0.4, -0.2) is 17.0 Å². The molecular formula is C13H15BrN4. The van der Waals surface area contributed by atoms with Gasteiger partial charge in [0.25, 0.3) is 0 Å². The normalized spacial score (nSPS) is 10.4. The average molecular weight is 307 g/mol. The molecule has 2 aromatic rings. The molecule has 4 nitrogen and oxygen atoms in total. The highest BCUT2D eigenvalue weighted by molar-refractivity contribution is 9.10. The van der Waals surface area contributed by atoms with Gasteiger partial charge in [0.1, 0.15) is 0 Å². The van der Waals surface area contributed by atoms with Crippen LogP contribution in [0, 0.1) is 0 Å². The smallest absolute Gasteiger partial charge is 0.222 e. The number of nitrogens with two attached hydrogens (primary N) is 1. The van der Waals surface area contributed by atoms with Crippen LogP contribution in [0.25, 0.3) is 0 Å². The number of halogens is 1. The van der Waals surface area contributed by atoms with E-state index in [9.17, 15) is 0 Å². The van der Waals surface area contributed by atoms with E-state index in [1.165, 1.54) is 5.56 Å². The standard InChI is InChI=1S/C13H15BrN4/c1-3-9-4-6-10(7-5-9)18(2)12-11(14)8-16-13(15)17-12/h4-8H,3H2,1-2H3,(H2,15,16,17). The topological polar surface area (TPSA) is 55.0 Å². The Morgan fingerprint density at radius 1 is 1.28 bits per heavy atom. The molecule has 18 heavy (non-hydrogen) atoms. The van der Waals surface area contributed by atoms with E-state index in [1.54, 1.807) is 6.20 Å². The van der Waals surface area contributed by atoms with Crippen molar-refractivity contribution in [3.8, 4) is 0 Å². The number of nitrogen functional groups attached to an aromatic ring is 1. The van der Waals surface area contributed by atoms with Gasteiger partial charge in [0.2, 0.25) is 5.95 Å². The fourth-order valence-corrected chi connectivity index (χ4v) is 2.14. The molecule has 0 atom stereocenters. The zero-order valence-corrected chi connectivity index (χ0v) is 12.0. The second kappa shape index (κ2) is 5.35. The van der Waals surface area contributed by atoms with Gasteiger partial charge in [0, 0.05) is 18.9 Å². The van der Waals surface area contributed by atoms with E-state index in [4.69, 9.17) is 5.73 Å². The summed E-state index contributed by atoms with van der Waals surface area (Å²) in [5.74, 6) is 1.02. The van der Waals surface area contributed by atoms with E-state index in [0.29, 0.717) is 0 Å². The maximum Gasteiger partial charge on any atom is 0.222 e. The van der Waals surface area contributed by atoms with Crippen molar-refractivity contribution in [2.75, 3.05) is 17.7 Å². The first-order valence-corrected chi connectivity index (χ1v) is 6.51. The molecule has 2 N–H and O–H groups in total. The largest absolute Gasteiger partial charge is 0.368 e. The lowest BCUT2D eigenvalue weighted by atomic mass is 10.1. The number of benzene rings is 1. The first-order valence-electron chi connectivity index (χ1n) is 5.72. The molecule has 1 aromatic heterocycles. The van der Waals surface area contributed by atoms with Gasteiger partial charge in [-0.1, -0.05) is 19.1 Å². The van der Waals surface area contributed by atoms with Gasteiger partial charge < -0.3 is 10.6 Å². The molecule has 1 aromatic carbocycles. The van der Waals surface area contributed by atoms with E-state index >= 15 is 0 Å². The second-order valence-electron chi connectivity index (χ2n) is 3.98. The van der Waals surface area contributed by atoms with Crippen LogP contribution in [0.3, 0.4) is 0 Å². The molecule has 1 heterocycles. The van der Waals surface area contributed by atoms with Crippen LogP contribution in [0.5, 0.6) is 0 Å². The van der Waals surface area contributed by atoms with E-state index in [2.05, 4.69) is 57.1 Å². The highest BCUT2D eigenvalue weighted by Crippen LogP contribution is 2.28. The fourth-order valence-electron chi connectivity index (χ4n) is 1.68. The third-order valence-corrected chi connectivity index (χ3v) is 3.35. The van der Waals surface area contributed by atoms with Crippen molar-refractivity contribution in [2.45, 2.75) is 13.3 Å². The highest BCUT2D eigenvalue weighted by atomic mass is 79.9. The van der Waals surface area contributed by atoms with Crippen LogP contribution >= 0.6 is 15.9 Å². The van der Waals surface area contributed by atoms with E-state index in [1.807, 2.05) is 11.9 Å². The lowest BCUT2D eigenvalue weighted by molar-refractivity contribution is 1.07. The summed E-state index contributed by atoms with van der Waals surface area (Å²) < 4.78 is 0.818. The van der Waals surface area contributed by atoms with E-state index in [-0.39, 0.29) is 5.95 Å². The molecule has 5 heteroatoms. The minimum Gasteiger partial charge on any atom is -0.368 e. The maximum atomic E-state index is 5.62. The molecule has 0 aliphatic heterocycles. The summed E-state index contributed by atoms with van der Waals surface area (Å²) in [5, 5.41) is 0. The number of aryl methyl sites for hydroxylation is 1. The van der Waals surface area contributed by atoms with Crippen LogP contribution in [-0.2, 0) is 6.42 Å². The number of hydrogen-bond acceptors (Lipinski definition) is 4. The summed E-state index contributed by atoms with van der Waals surface area (Å²) in [5.41, 5.74) is 7.99. The number of aromatic nitrogens is 2. The van der Waals surface area contributed by atoms with Gasteiger partial charge >= 0.3 is 0 Å². The lowest BCUT2D eigenvalue weighted by Gasteiger charge is -2.19. The highest BCUT2D eigenvalue weighted by Gasteiger charge is 2.10. The van der Waals surface area contributed by atoms with Crippen LogP contribution in [0.2, 0.25) is 0 Å². The number of rotatable bonds is 3. The predicted molar refractivity (Wildman–Crippen MR) is 78.0 cm³/mol. The first kappa shape index (κ1) is 12.8. The van der Waals surface area contributed by atoms with Crippen molar-refractivity contribution in [3.63, 3.8) is 0 Å². The number of hydrogen-bond donors (Lipinski definition) is 1. The van der Waals surface area contributed by atoms with Crippen LogP contribution in [0.4, 0.5) is 17.5 Å². The Labute approximate surface area is 115 Å². The maximum absolute atomic E-state index is 5.62. The van der Waals surface area contributed by atoms with Crippen molar-refractivity contribution in [2.24, 2.45) is 0 Å². The third-order valence-electron chi connectivity index (χ3n) is 2.79. The summed E-state index contributed by atoms with van der Waals surface area (Å²) >= 11 is 3.43. The van der Waals surface area contributed by atoms with Crippen molar-refractivity contribution < 1.29 is 0 Å². The molecule has 0 fully saturated rings. The molecule has 0 bridgehead atoms. The van der Waals surface area contributed by atoms with Crippen LogP contribution < -0.4 is 10.6 Å². The molecule has 2 rings (SSSR count). The van der Waals surface area contributed by atoms with Crippen molar-refractivity contribution in [1.29, 1.82) is 0 Å². The third kappa shape index (κ3) is 2.61. The van der Waals surface area contributed by atoms with Gasteiger partial charge in [-0.15, -0.1) is 0 Å². The molecule has 0 saturated carbocycles. The quantitative estimate of drug-likeness (QED) is 0.946. The molecule has 0 spiro atoms. The Kier molecular flexibility index (Phi) is 3.81. The monoisotopic (exact) mass is 306 g/mol. The van der Waals surface area contributed by atoms with E-state index in [0.717, 1.165) is 22.4 Å². The van der Waals surface area contributed by atoms with Gasteiger partial charge in [-0.2, -0.15) is 4.98 Å². The SMILES string of the molecule is CCc1ccc(N(C)c2nc(N)ncc2Br)cc1. The Morgan fingerprint density at radius 2 is 1.94 bits per heavy atom. The molecule has 0 radical (unpaired) electrons. The lowest BCUT2D eigenvalue weighted by Crippen LogP contribution is -2.13. The molecule has 94 valence electrons. The first-order chi connectivity index (χ1) is 8.61. The Morgan fingerprint density at radius 3 is 2.56 bits per heavy atom. The summed E-state index contributed by atoms with van der Waals surface area (Å²) in [6.07, 6.45) is 2.70.